The zero-order chi connectivity index (χ0) is 12.4. The third-order valence-electron chi connectivity index (χ3n) is 2.66. The van der Waals surface area contributed by atoms with Crippen LogP contribution in [0.1, 0.15) is 13.3 Å². The molecule has 2 rings (SSSR count). The van der Waals surface area contributed by atoms with Gasteiger partial charge in [-0.15, -0.1) is 0 Å². The Hall–Kier alpha value is -2.04. The van der Waals surface area contributed by atoms with Crippen molar-refractivity contribution in [3.63, 3.8) is 0 Å². The first-order valence-corrected chi connectivity index (χ1v) is 5.53. The van der Waals surface area contributed by atoms with Crippen molar-refractivity contribution in [1.29, 1.82) is 0 Å². The van der Waals surface area contributed by atoms with Gasteiger partial charge < -0.3 is 14.2 Å². The van der Waals surface area contributed by atoms with Gasteiger partial charge in [0.05, 0.1) is 0 Å². The molecule has 0 aliphatic rings. The zero-order valence-electron chi connectivity index (χ0n) is 9.59. The molecule has 0 unspecified atom stereocenters. The molecule has 0 spiro atoms. The third kappa shape index (κ3) is 2.08. The molecule has 0 saturated carbocycles. The van der Waals surface area contributed by atoms with E-state index in [4.69, 9.17) is 5.11 Å². The Kier molecular flexibility index (Phi) is 2.99. The fourth-order valence-electron chi connectivity index (χ4n) is 1.94. The molecule has 0 atom stereocenters. The summed E-state index contributed by atoms with van der Waals surface area (Å²) in [6, 6.07) is 3.64. The van der Waals surface area contributed by atoms with Crippen molar-refractivity contribution in [3.05, 3.63) is 34.9 Å². The summed E-state index contributed by atoms with van der Waals surface area (Å²) in [6.45, 7) is 2.49. The molecule has 2 aromatic rings. The first-order chi connectivity index (χ1) is 8.13. The van der Waals surface area contributed by atoms with E-state index in [1.165, 1.54) is 10.8 Å². The summed E-state index contributed by atoms with van der Waals surface area (Å²) in [5.74, 6) is -1.01. The second kappa shape index (κ2) is 4.45. The molecular formula is C12H14N2O3. The molecule has 2 heterocycles. The van der Waals surface area contributed by atoms with Crippen LogP contribution >= 0.6 is 0 Å². The lowest BCUT2D eigenvalue weighted by Crippen LogP contribution is -2.24. The lowest BCUT2D eigenvalue weighted by molar-refractivity contribution is -0.137. The minimum atomic E-state index is -1.01. The van der Waals surface area contributed by atoms with Gasteiger partial charge in [0, 0.05) is 24.3 Å². The van der Waals surface area contributed by atoms with Crippen molar-refractivity contribution < 1.29 is 9.90 Å². The fourth-order valence-corrected chi connectivity index (χ4v) is 1.94. The van der Waals surface area contributed by atoms with E-state index in [-0.39, 0.29) is 12.1 Å². The predicted octanol–water partition coefficient (Wildman–Crippen LogP) is 1.30. The van der Waals surface area contributed by atoms with Crippen LogP contribution in [0.4, 0.5) is 0 Å². The highest BCUT2D eigenvalue weighted by atomic mass is 16.4. The maximum atomic E-state index is 12.1. The lowest BCUT2D eigenvalue weighted by Gasteiger charge is -2.05. The summed E-state index contributed by atoms with van der Waals surface area (Å²) >= 11 is 0. The molecule has 90 valence electrons. The van der Waals surface area contributed by atoms with E-state index in [0.717, 1.165) is 18.4 Å². The van der Waals surface area contributed by atoms with Crippen molar-refractivity contribution in [1.82, 2.24) is 9.13 Å². The number of aliphatic carboxylic acids is 1. The van der Waals surface area contributed by atoms with Gasteiger partial charge in [0.25, 0.3) is 5.56 Å². The van der Waals surface area contributed by atoms with Crippen molar-refractivity contribution in [2.45, 2.75) is 26.4 Å². The van der Waals surface area contributed by atoms with Crippen LogP contribution in [0.15, 0.2) is 29.3 Å². The number of fused-ring (bicyclic) bond motifs is 1. The molecule has 0 aliphatic carbocycles. The van der Waals surface area contributed by atoms with Crippen LogP contribution in [0.5, 0.6) is 0 Å². The van der Waals surface area contributed by atoms with Gasteiger partial charge in [-0.3, -0.25) is 9.59 Å². The van der Waals surface area contributed by atoms with Crippen molar-refractivity contribution >= 4 is 16.9 Å². The molecule has 1 N–H and O–H groups in total. The monoisotopic (exact) mass is 234 g/mol. The third-order valence-corrected chi connectivity index (χ3v) is 2.66. The van der Waals surface area contributed by atoms with Gasteiger partial charge in [0.15, 0.2) is 0 Å². The Labute approximate surface area is 97.9 Å². The Morgan fingerprint density at radius 3 is 2.53 bits per heavy atom. The van der Waals surface area contributed by atoms with Crippen molar-refractivity contribution in [2.75, 3.05) is 0 Å². The Balaban J connectivity index is 2.59. The number of carboxylic acid groups (broad SMARTS) is 1. The van der Waals surface area contributed by atoms with Crippen LogP contribution in [-0.4, -0.2) is 20.2 Å². The van der Waals surface area contributed by atoms with Crippen LogP contribution in [0.25, 0.3) is 10.9 Å². The second-order valence-corrected chi connectivity index (χ2v) is 3.96. The molecule has 0 bridgehead atoms. The molecule has 0 aliphatic heterocycles. The summed E-state index contributed by atoms with van der Waals surface area (Å²) in [5.41, 5.74) is 0.332. The number of aryl methyl sites for hydroxylation is 1. The Bertz CT molecular complexity index is 610. The van der Waals surface area contributed by atoms with E-state index in [0.29, 0.717) is 5.52 Å². The molecule has 0 saturated heterocycles. The summed E-state index contributed by atoms with van der Waals surface area (Å²) in [6.07, 6.45) is 4.31. The smallest absolute Gasteiger partial charge is 0.323 e. The molecule has 0 aromatic carbocycles. The number of carbonyl (C=O) groups is 1. The first-order valence-electron chi connectivity index (χ1n) is 5.53. The molecule has 0 amide bonds. The number of aromatic nitrogens is 2. The number of hydrogen-bond acceptors (Lipinski definition) is 2. The molecule has 5 heteroatoms. The van der Waals surface area contributed by atoms with Crippen LogP contribution in [0.3, 0.4) is 0 Å². The zero-order valence-corrected chi connectivity index (χ0v) is 9.59. The number of nitrogens with zero attached hydrogens (tertiary/aromatic N) is 2. The van der Waals surface area contributed by atoms with Crippen LogP contribution in [0.2, 0.25) is 0 Å². The summed E-state index contributed by atoms with van der Waals surface area (Å²) in [5, 5.41) is 9.57. The SMILES string of the molecule is CCCn1ccc2ccn(CC(=O)O)c(=O)c21. The first kappa shape index (κ1) is 11.4. The molecule has 0 radical (unpaired) electrons. The largest absolute Gasteiger partial charge is 0.480 e. The topological polar surface area (TPSA) is 64.2 Å². The van der Waals surface area contributed by atoms with E-state index in [9.17, 15) is 9.59 Å². The van der Waals surface area contributed by atoms with E-state index in [2.05, 4.69) is 0 Å². The Morgan fingerprint density at radius 1 is 1.29 bits per heavy atom. The van der Waals surface area contributed by atoms with Crippen LogP contribution < -0.4 is 5.56 Å². The van der Waals surface area contributed by atoms with Gasteiger partial charge in [-0.1, -0.05) is 6.92 Å². The molecule has 17 heavy (non-hydrogen) atoms. The number of hydrogen-bond donors (Lipinski definition) is 1. The molecule has 0 fully saturated rings. The predicted molar refractivity (Wildman–Crippen MR) is 64.1 cm³/mol. The van der Waals surface area contributed by atoms with Crippen LogP contribution in [-0.2, 0) is 17.9 Å². The minimum absolute atomic E-state index is 0.247. The van der Waals surface area contributed by atoms with Gasteiger partial charge in [0.2, 0.25) is 0 Å². The number of carboxylic acids is 1. The summed E-state index contributed by atoms with van der Waals surface area (Å²) in [7, 11) is 0. The standard InChI is InChI=1S/C12H14N2O3/c1-2-5-13-6-3-9-4-7-14(8-10(15)16)12(17)11(9)13/h3-4,6-7H,2,5,8H2,1H3,(H,15,16). The highest BCUT2D eigenvalue weighted by molar-refractivity contribution is 5.79. The molecule has 5 nitrogen and oxygen atoms in total. The van der Waals surface area contributed by atoms with Crippen molar-refractivity contribution in [2.24, 2.45) is 0 Å². The average molecular weight is 234 g/mol. The lowest BCUT2D eigenvalue weighted by atomic mass is 10.3. The summed E-state index contributed by atoms with van der Waals surface area (Å²) < 4.78 is 3.09. The van der Waals surface area contributed by atoms with Gasteiger partial charge in [-0.05, 0) is 18.6 Å². The van der Waals surface area contributed by atoms with Gasteiger partial charge >= 0.3 is 5.97 Å². The molecular weight excluding hydrogens is 220 g/mol. The quantitative estimate of drug-likeness (QED) is 0.867. The number of pyridine rings is 1. The maximum absolute atomic E-state index is 12.1. The van der Waals surface area contributed by atoms with Crippen LogP contribution in [0, 0.1) is 0 Å². The van der Waals surface area contributed by atoms with E-state index in [1.807, 2.05) is 23.8 Å². The summed E-state index contributed by atoms with van der Waals surface area (Å²) in [4.78, 5) is 22.7. The molecule has 2 aromatic heterocycles. The highest BCUT2D eigenvalue weighted by Crippen LogP contribution is 2.11. The normalized spacial score (nSPS) is 10.9. The fraction of sp³-hybridized carbons (Fsp3) is 0.333. The van der Waals surface area contributed by atoms with E-state index < -0.39 is 5.97 Å². The van der Waals surface area contributed by atoms with Crippen molar-refractivity contribution in [3.8, 4) is 0 Å². The highest BCUT2D eigenvalue weighted by Gasteiger charge is 2.09. The second-order valence-electron chi connectivity index (χ2n) is 3.96. The van der Waals surface area contributed by atoms with E-state index >= 15 is 0 Å². The minimum Gasteiger partial charge on any atom is -0.480 e. The van der Waals surface area contributed by atoms with Gasteiger partial charge in [0.1, 0.15) is 12.1 Å². The van der Waals surface area contributed by atoms with Gasteiger partial charge in [-0.25, -0.2) is 0 Å². The Morgan fingerprint density at radius 2 is 1.94 bits per heavy atom. The van der Waals surface area contributed by atoms with E-state index in [1.54, 1.807) is 6.07 Å². The number of rotatable bonds is 4. The maximum Gasteiger partial charge on any atom is 0.323 e. The van der Waals surface area contributed by atoms with Gasteiger partial charge in [-0.2, -0.15) is 0 Å². The average Bonchev–Trinajstić information content (AvgIpc) is 2.66.